The average molecular weight is 621 g/mol. The molecule has 2 aliphatic rings. The molecule has 240 valence electrons. The highest BCUT2D eigenvalue weighted by atomic mass is 16.7. The fraction of sp³-hybridized carbons (Fsp3) is 0.433. The van der Waals surface area contributed by atoms with Gasteiger partial charge in [0.1, 0.15) is 37.1 Å². The Morgan fingerprint density at radius 2 is 1.80 bits per heavy atom. The SMILES string of the molecule is C=CCc1ccc(O[C@H]2O[C@@H](CO[C@@H]3OC[C@](O)(COC(=O)/C=C\c4ccc(O)c(O)c4)[C@H]3O)[C@H](O)[C@@H](O)[C@@H]2O)c(OC)c1. The third-order valence-electron chi connectivity index (χ3n) is 7.13. The molecule has 2 aliphatic heterocycles. The number of aliphatic hydroxyl groups excluding tert-OH is 4. The number of ether oxygens (including phenoxy) is 6. The first-order valence-corrected chi connectivity index (χ1v) is 13.6. The maximum absolute atomic E-state index is 12.1. The molecule has 14 heteroatoms. The fourth-order valence-electron chi connectivity index (χ4n) is 4.54. The lowest BCUT2D eigenvalue weighted by atomic mass is 9.99. The van der Waals surface area contributed by atoms with E-state index in [2.05, 4.69) is 6.58 Å². The average Bonchev–Trinajstić information content (AvgIpc) is 3.30. The zero-order valence-electron chi connectivity index (χ0n) is 23.8. The first-order valence-electron chi connectivity index (χ1n) is 13.6. The smallest absolute Gasteiger partial charge is 0.330 e. The molecule has 8 atom stereocenters. The van der Waals surface area contributed by atoms with E-state index in [1.54, 1.807) is 24.3 Å². The summed E-state index contributed by atoms with van der Waals surface area (Å²) in [5.41, 5.74) is -0.744. The van der Waals surface area contributed by atoms with Crippen molar-refractivity contribution < 1.29 is 69.0 Å². The van der Waals surface area contributed by atoms with Gasteiger partial charge in [0.15, 0.2) is 34.9 Å². The van der Waals surface area contributed by atoms with Crippen LogP contribution in [-0.2, 0) is 30.2 Å². The molecule has 0 bridgehead atoms. The van der Waals surface area contributed by atoms with E-state index in [1.165, 1.54) is 31.4 Å². The molecule has 44 heavy (non-hydrogen) atoms. The number of hydrogen-bond acceptors (Lipinski definition) is 14. The lowest BCUT2D eigenvalue weighted by Crippen LogP contribution is -2.60. The van der Waals surface area contributed by atoms with Crippen LogP contribution in [-0.4, -0.2) is 117 Å². The van der Waals surface area contributed by atoms with E-state index in [9.17, 15) is 40.5 Å². The standard InChI is InChI=1S/C30H36O14/c1-3-4-16-6-9-20(21(12-16)39-2)43-28-26(36)25(35)24(34)22(44-28)13-40-29-27(37)30(38,15-42-29)14-41-23(33)10-7-17-5-8-18(31)19(32)11-17/h3,5-12,22,24-29,31-32,34-38H,1,4,13-15H2,2H3/b10-7-/t22-,24-,25+,26-,27-,28-,29+,30+/m0/s1. The highest BCUT2D eigenvalue weighted by Crippen LogP contribution is 2.33. The second-order valence-electron chi connectivity index (χ2n) is 10.4. The minimum absolute atomic E-state index is 0.206. The minimum Gasteiger partial charge on any atom is -0.504 e. The van der Waals surface area contributed by atoms with Gasteiger partial charge in [0.2, 0.25) is 6.29 Å². The maximum atomic E-state index is 12.1. The number of allylic oxidation sites excluding steroid dienone is 1. The van der Waals surface area contributed by atoms with Gasteiger partial charge in [-0.2, -0.15) is 0 Å². The molecule has 4 rings (SSSR count). The Morgan fingerprint density at radius 1 is 1.02 bits per heavy atom. The number of carbonyl (C=O) groups is 1. The number of aromatic hydroxyl groups is 2. The Hall–Kier alpha value is -3.73. The van der Waals surface area contributed by atoms with Crippen LogP contribution in [0, 0.1) is 0 Å². The summed E-state index contributed by atoms with van der Waals surface area (Å²) >= 11 is 0. The normalized spacial score (nSPS) is 30.3. The number of carbonyl (C=O) groups excluding carboxylic acids is 1. The van der Waals surface area contributed by atoms with Crippen LogP contribution in [0.15, 0.2) is 55.1 Å². The molecular weight excluding hydrogens is 584 g/mol. The summed E-state index contributed by atoms with van der Waals surface area (Å²) in [5.74, 6) is -1.02. The van der Waals surface area contributed by atoms with Crippen molar-refractivity contribution in [2.75, 3.05) is 26.9 Å². The first-order chi connectivity index (χ1) is 20.9. The van der Waals surface area contributed by atoms with Crippen molar-refractivity contribution in [1.82, 2.24) is 0 Å². The van der Waals surface area contributed by atoms with Crippen molar-refractivity contribution >= 4 is 12.0 Å². The van der Waals surface area contributed by atoms with Crippen molar-refractivity contribution in [2.24, 2.45) is 0 Å². The summed E-state index contributed by atoms with van der Waals surface area (Å²) in [4.78, 5) is 12.1. The second-order valence-corrected chi connectivity index (χ2v) is 10.4. The van der Waals surface area contributed by atoms with E-state index in [0.717, 1.165) is 11.6 Å². The van der Waals surface area contributed by atoms with Gasteiger partial charge in [-0.25, -0.2) is 4.79 Å². The van der Waals surface area contributed by atoms with Gasteiger partial charge in [-0.15, -0.1) is 6.58 Å². The highest BCUT2D eigenvalue weighted by molar-refractivity contribution is 5.87. The largest absolute Gasteiger partial charge is 0.504 e. The molecule has 0 saturated carbocycles. The van der Waals surface area contributed by atoms with E-state index < -0.39 is 74.5 Å². The molecule has 0 spiro atoms. The van der Waals surface area contributed by atoms with Crippen molar-refractivity contribution in [2.45, 2.75) is 55.1 Å². The number of phenols is 2. The predicted octanol–water partition coefficient (Wildman–Crippen LogP) is -0.257. The second kappa shape index (κ2) is 14.4. The van der Waals surface area contributed by atoms with Crippen LogP contribution in [0.4, 0.5) is 0 Å². The lowest BCUT2D eigenvalue weighted by molar-refractivity contribution is -0.289. The summed E-state index contributed by atoms with van der Waals surface area (Å²) in [7, 11) is 1.43. The number of esters is 1. The molecule has 0 aromatic heterocycles. The molecule has 2 aromatic rings. The Morgan fingerprint density at radius 3 is 2.50 bits per heavy atom. The van der Waals surface area contributed by atoms with Gasteiger partial charge in [0.05, 0.1) is 20.3 Å². The van der Waals surface area contributed by atoms with E-state index in [-0.39, 0.29) is 17.2 Å². The van der Waals surface area contributed by atoms with Crippen molar-refractivity contribution in [3.63, 3.8) is 0 Å². The molecule has 2 heterocycles. The minimum atomic E-state index is -2.04. The summed E-state index contributed by atoms with van der Waals surface area (Å²) in [6.07, 6.45) is -6.10. The molecular formula is C30H36O14. The Labute approximate surface area is 252 Å². The first kappa shape index (κ1) is 33.2. The summed E-state index contributed by atoms with van der Waals surface area (Å²) in [6.45, 7) is 2.11. The molecule has 0 amide bonds. The molecule has 2 aromatic carbocycles. The number of benzene rings is 2. The van der Waals surface area contributed by atoms with E-state index in [0.29, 0.717) is 17.7 Å². The Kier molecular flexibility index (Phi) is 10.8. The topological polar surface area (TPSA) is 214 Å². The lowest BCUT2D eigenvalue weighted by Gasteiger charge is -2.40. The number of phenolic OH excluding ortho intramolecular Hbond substituents is 2. The van der Waals surface area contributed by atoms with Crippen LogP contribution in [0.3, 0.4) is 0 Å². The quantitative estimate of drug-likeness (QED) is 0.0705. The number of methoxy groups -OCH3 is 1. The third-order valence-corrected chi connectivity index (χ3v) is 7.13. The molecule has 0 aliphatic carbocycles. The van der Waals surface area contributed by atoms with Crippen LogP contribution in [0.25, 0.3) is 6.08 Å². The summed E-state index contributed by atoms with van der Waals surface area (Å²) in [6, 6.07) is 8.98. The Balaban J connectivity index is 1.31. The summed E-state index contributed by atoms with van der Waals surface area (Å²) in [5, 5.41) is 71.8. The molecule has 7 N–H and O–H groups in total. The number of rotatable bonds is 12. The summed E-state index contributed by atoms with van der Waals surface area (Å²) < 4.78 is 32.7. The fourth-order valence-corrected chi connectivity index (χ4v) is 4.54. The van der Waals surface area contributed by atoms with Crippen molar-refractivity contribution in [1.29, 1.82) is 0 Å². The van der Waals surface area contributed by atoms with Gasteiger partial charge in [-0.1, -0.05) is 18.2 Å². The van der Waals surface area contributed by atoms with Crippen molar-refractivity contribution in [3.8, 4) is 23.0 Å². The molecule has 0 radical (unpaired) electrons. The van der Waals surface area contributed by atoms with Crippen molar-refractivity contribution in [3.05, 3.63) is 66.3 Å². The Bertz CT molecular complexity index is 1330. The maximum Gasteiger partial charge on any atom is 0.330 e. The van der Waals surface area contributed by atoms with Crippen LogP contribution in [0.1, 0.15) is 11.1 Å². The van der Waals surface area contributed by atoms with E-state index >= 15 is 0 Å². The van der Waals surface area contributed by atoms with Gasteiger partial charge in [-0.3, -0.25) is 0 Å². The van der Waals surface area contributed by atoms with Crippen LogP contribution >= 0.6 is 0 Å². The van der Waals surface area contributed by atoms with Gasteiger partial charge in [0.25, 0.3) is 0 Å². The number of aliphatic hydroxyl groups is 5. The van der Waals surface area contributed by atoms with E-state index in [1.807, 2.05) is 0 Å². The van der Waals surface area contributed by atoms with Gasteiger partial charge in [0, 0.05) is 6.08 Å². The van der Waals surface area contributed by atoms with E-state index in [4.69, 9.17) is 28.4 Å². The molecule has 2 fully saturated rings. The predicted molar refractivity (Wildman–Crippen MR) is 151 cm³/mol. The van der Waals surface area contributed by atoms with Gasteiger partial charge < -0.3 is 64.2 Å². The monoisotopic (exact) mass is 620 g/mol. The molecule has 2 saturated heterocycles. The van der Waals surface area contributed by atoms with Gasteiger partial charge in [-0.05, 0) is 47.9 Å². The zero-order valence-corrected chi connectivity index (χ0v) is 23.8. The van der Waals surface area contributed by atoms with Crippen LogP contribution in [0.2, 0.25) is 0 Å². The molecule has 0 unspecified atom stereocenters. The van der Waals surface area contributed by atoms with Crippen LogP contribution in [0.5, 0.6) is 23.0 Å². The molecule has 14 nitrogen and oxygen atoms in total. The third kappa shape index (κ3) is 7.67. The highest BCUT2D eigenvalue weighted by Gasteiger charge is 2.51. The zero-order chi connectivity index (χ0) is 32.0. The number of hydrogen-bond donors (Lipinski definition) is 7. The van der Waals surface area contributed by atoms with Gasteiger partial charge >= 0.3 is 5.97 Å². The van der Waals surface area contributed by atoms with Crippen LogP contribution < -0.4 is 9.47 Å².